The van der Waals surface area contributed by atoms with E-state index in [1.54, 1.807) is 0 Å². The molecule has 0 atom stereocenters. The molecule has 1 aliphatic heterocycles. The van der Waals surface area contributed by atoms with Crippen molar-refractivity contribution in [3.63, 3.8) is 0 Å². The van der Waals surface area contributed by atoms with Crippen LogP contribution in [0.3, 0.4) is 0 Å². The van der Waals surface area contributed by atoms with Crippen molar-refractivity contribution in [3.8, 4) is 22.9 Å². The van der Waals surface area contributed by atoms with E-state index in [-0.39, 0.29) is 5.91 Å². The summed E-state index contributed by atoms with van der Waals surface area (Å²) in [6, 6.07) is 6.32. The molecule has 1 aromatic heterocycles. The Labute approximate surface area is 162 Å². The number of fused-ring (bicyclic) bond motifs is 1. The molecular formula is C19H24N4O3S. The normalized spacial score (nSPS) is 16.0. The highest BCUT2D eigenvalue weighted by Gasteiger charge is 2.30. The number of amides is 1. The molecule has 8 heteroatoms. The third-order valence-electron chi connectivity index (χ3n) is 4.49. The summed E-state index contributed by atoms with van der Waals surface area (Å²) in [7, 11) is 0. The molecule has 7 nitrogen and oxygen atoms in total. The van der Waals surface area contributed by atoms with Crippen molar-refractivity contribution in [1.29, 1.82) is 0 Å². The van der Waals surface area contributed by atoms with Crippen LogP contribution in [0.15, 0.2) is 23.4 Å². The fourth-order valence-electron chi connectivity index (χ4n) is 2.98. The summed E-state index contributed by atoms with van der Waals surface area (Å²) in [6.45, 7) is 4.07. The van der Waals surface area contributed by atoms with E-state index in [0.29, 0.717) is 31.6 Å². The van der Waals surface area contributed by atoms with Crippen molar-refractivity contribution in [1.82, 2.24) is 20.1 Å². The minimum absolute atomic E-state index is 0.0318. The zero-order valence-electron chi connectivity index (χ0n) is 15.4. The first-order valence-electron chi connectivity index (χ1n) is 9.50. The molecule has 1 aliphatic carbocycles. The zero-order chi connectivity index (χ0) is 18.6. The highest BCUT2D eigenvalue weighted by atomic mass is 32.2. The SMILES string of the molecule is CCCNC(=O)CSc1nnc(-c2ccc3c(c2)OCCCO3)n1C1CC1. The van der Waals surface area contributed by atoms with Gasteiger partial charge in [0.25, 0.3) is 0 Å². The molecule has 144 valence electrons. The van der Waals surface area contributed by atoms with Crippen molar-refractivity contribution in [2.75, 3.05) is 25.5 Å². The second-order valence-electron chi connectivity index (χ2n) is 6.76. The third kappa shape index (κ3) is 4.21. The van der Waals surface area contributed by atoms with E-state index in [0.717, 1.165) is 53.7 Å². The monoisotopic (exact) mass is 388 g/mol. The molecular weight excluding hydrogens is 364 g/mol. The number of rotatable bonds is 7. The maximum atomic E-state index is 11.9. The average Bonchev–Trinajstić information content (AvgIpc) is 3.47. The average molecular weight is 388 g/mol. The Morgan fingerprint density at radius 1 is 1.26 bits per heavy atom. The van der Waals surface area contributed by atoms with Crippen molar-refractivity contribution in [2.45, 2.75) is 43.8 Å². The molecule has 27 heavy (non-hydrogen) atoms. The van der Waals surface area contributed by atoms with Crippen LogP contribution in [0, 0.1) is 0 Å². The van der Waals surface area contributed by atoms with E-state index < -0.39 is 0 Å². The summed E-state index contributed by atoms with van der Waals surface area (Å²) >= 11 is 1.44. The lowest BCUT2D eigenvalue weighted by Gasteiger charge is -2.11. The van der Waals surface area contributed by atoms with E-state index in [1.807, 2.05) is 25.1 Å². The summed E-state index contributed by atoms with van der Waals surface area (Å²) in [5.41, 5.74) is 0.959. The number of hydrogen-bond donors (Lipinski definition) is 1. The quantitative estimate of drug-likeness (QED) is 0.735. The Kier molecular flexibility index (Phi) is 5.52. The van der Waals surface area contributed by atoms with Gasteiger partial charge >= 0.3 is 0 Å². The van der Waals surface area contributed by atoms with Crippen LogP contribution >= 0.6 is 11.8 Å². The van der Waals surface area contributed by atoms with Crippen LogP contribution in [0.1, 0.15) is 38.6 Å². The van der Waals surface area contributed by atoms with Crippen molar-refractivity contribution >= 4 is 17.7 Å². The maximum Gasteiger partial charge on any atom is 0.230 e. The van der Waals surface area contributed by atoms with Crippen molar-refractivity contribution < 1.29 is 14.3 Å². The number of aromatic nitrogens is 3. The number of ether oxygens (including phenoxy) is 2. The van der Waals surface area contributed by atoms with Gasteiger partial charge in [-0.1, -0.05) is 18.7 Å². The minimum atomic E-state index is 0.0318. The van der Waals surface area contributed by atoms with E-state index in [2.05, 4.69) is 20.1 Å². The Balaban J connectivity index is 1.56. The molecule has 0 radical (unpaired) electrons. The van der Waals surface area contributed by atoms with Gasteiger partial charge in [0.05, 0.1) is 19.0 Å². The largest absolute Gasteiger partial charge is 0.490 e. The number of nitrogens with zero attached hydrogens (tertiary/aromatic N) is 3. The number of thioether (sulfide) groups is 1. The molecule has 1 fully saturated rings. The van der Waals surface area contributed by atoms with Gasteiger partial charge in [0.2, 0.25) is 5.91 Å². The standard InChI is InChI=1S/C19H24N4O3S/c1-2-8-20-17(24)12-27-19-22-21-18(23(19)14-5-6-14)13-4-7-15-16(11-13)26-10-3-9-25-15/h4,7,11,14H,2-3,5-6,8-10,12H2,1H3,(H,20,24). The first kappa shape index (κ1) is 18.2. The molecule has 1 amide bonds. The van der Waals surface area contributed by atoms with Crippen LogP contribution in [0.4, 0.5) is 0 Å². The Bertz CT molecular complexity index is 819. The van der Waals surface area contributed by atoms with Crippen LogP contribution in [0.25, 0.3) is 11.4 Å². The molecule has 0 unspecified atom stereocenters. The highest BCUT2D eigenvalue weighted by molar-refractivity contribution is 7.99. The van der Waals surface area contributed by atoms with Gasteiger partial charge in [-0.25, -0.2) is 0 Å². The van der Waals surface area contributed by atoms with Crippen molar-refractivity contribution in [3.05, 3.63) is 18.2 Å². The van der Waals surface area contributed by atoms with Gasteiger partial charge in [0.1, 0.15) is 0 Å². The molecule has 1 N–H and O–H groups in total. The number of benzene rings is 1. The third-order valence-corrected chi connectivity index (χ3v) is 5.43. The van der Waals surface area contributed by atoms with Gasteiger partial charge in [-0.15, -0.1) is 10.2 Å². The zero-order valence-corrected chi connectivity index (χ0v) is 16.3. The molecule has 4 rings (SSSR count). The van der Waals surface area contributed by atoms with Gasteiger partial charge in [-0.2, -0.15) is 0 Å². The van der Waals surface area contributed by atoms with E-state index in [4.69, 9.17) is 9.47 Å². The van der Waals surface area contributed by atoms with E-state index in [9.17, 15) is 4.79 Å². The lowest BCUT2D eigenvalue weighted by atomic mass is 10.2. The summed E-state index contributed by atoms with van der Waals surface area (Å²) in [6.07, 6.45) is 4.04. The van der Waals surface area contributed by atoms with Crippen LogP contribution in [0.5, 0.6) is 11.5 Å². The molecule has 1 aromatic carbocycles. The lowest BCUT2D eigenvalue weighted by Crippen LogP contribution is -2.25. The first-order chi connectivity index (χ1) is 13.3. The molecule has 2 aliphatic rings. The maximum absolute atomic E-state index is 11.9. The summed E-state index contributed by atoms with van der Waals surface area (Å²) < 4.78 is 13.7. The van der Waals surface area contributed by atoms with Crippen LogP contribution < -0.4 is 14.8 Å². The molecule has 0 bridgehead atoms. The molecule has 0 spiro atoms. The summed E-state index contributed by atoms with van der Waals surface area (Å²) in [5, 5.41) is 12.5. The first-order valence-corrected chi connectivity index (χ1v) is 10.5. The molecule has 1 saturated carbocycles. The Hall–Kier alpha value is -2.22. The van der Waals surface area contributed by atoms with Gasteiger partial charge in [0, 0.05) is 24.6 Å². The Morgan fingerprint density at radius 3 is 2.85 bits per heavy atom. The van der Waals surface area contributed by atoms with Crippen molar-refractivity contribution in [2.24, 2.45) is 0 Å². The van der Waals surface area contributed by atoms with Crippen LogP contribution in [0.2, 0.25) is 0 Å². The number of nitrogens with one attached hydrogen (secondary N) is 1. The molecule has 2 heterocycles. The van der Waals surface area contributed by atoms with Gasteiger partial charge in [-0.05, 0) is 37.5 Å². The predicted molar refractivity (Wildman–Crippen MR) is 103 cm³/mol. The summed E-state index contributed by atoms with van der Waals surface area (Å²) in [4.78, 5) is 11.9. The van der Waals surface area contributed by atoms with Gasteiger partial charge in [-0.3, -0.25) is 9.36 Å². The Morgan fingerprint density at radius 2 is 2.07 bits per heavy atom. The van der Waals surface area contributed by atoms with Crippen LogP contribution in [-0.4, -0.2) is 46.2 Å². The summed E-state index contributed by atoms with van der Waals surface area (Å²) in [5.74, 6) is 2.74. The molecule has 0 saturated heterocycles. The van der Waals surface area contributed by atoms with Gasteiger partial charge in [0.15, 0.2) is 22.5 Å². The lowest BCUT2D eigenvalue weighted by molar-refractivity contribution is -0.118. The fourth-order valence-corrected chi connectivity index (χ4v) is 3.82. The second-order valence-corrected chi connectivity index (χ2v) is 7.70. The second kappa shape index (κ2) is 8.21. The predicted octanol–water partition coefficient (Wildman–Crippen LogP) is 3.06. The van der Waals surface area contributed by atoms with Crippen LogP contribution in [-0.2, 0) is 4.79 Å². The number of hydrogen-bond acceptors (Lipinski definition) is 6. The van der Waals surface area contributed by atoms with E-state index in [1.165, 1.54) is 11.8 Å². The topological polar surface area (TPSA) is 78.3 Å². The number of carbonyl (C=O) groups is 1. The number of carbonyl (C=O) groups excluding carboxylic acids is 1. The highest BCUT2D eigenvalue weighted by Crippen LogP contribution is 2.42. The molecule has 2 aromatic rings. The van der Waals surface area contributed by atoms with Gasteiger partial charge < -0.3 is 14.8 Å². The fraction of sp³-hybridized carbons (Fsp3) is 0.526. The van der Waals surface area contributed by atoms with E-state index >= 15 is 0 Å². The minimum Gasteiger partial charge on any atom is -0.490 e. The smallest absolute Gasteiger partial charge is 0.230 e.